The Kier molecular flexibility index (Phi) is 9.31. The number of nitrogens with zero attached hydrogens (tertiary/aromatic N) is 4. The summed E-state index contributed by atoms with van der Waals surface area (Å²) < 4.78 is 0. The second-order valence-corrected chi connectivity index (χ2v) is 9.11. The smallest absolute Gasteiger partial charge is 0.253 e. The molecule has 0 spiro atoms. The van der Waals surface area contributed by atoms with Crippen LogP contribution in [0.15, 0.2) is 60.3 Å². The standard InChI is InChI=1S/C30H34N6O/c1-6-22(23-7-9-24(10-8-23)30(37)36(4)5)13-15-33-19-20(2)17-27-21(3)34-16-14-25(27)26-11-12-29(32)35-28(26)18-31/h6-12,14,16-17,33H,13,15,19H2,1-5H3,(H2,32,35)/b20-17+,22-6+. The van der Waals surface area contributed by atoms with Crippen LogP contribution in [0.2, 0.25) is 0 Å². The van der Waals surface area contributed by atoms with Crippen LogP contribution in [0.3, 0.4) is 0 Å². The van der Waals surface area contributed by atoms with Crippen molar-refractivity contribution in [3.05, 3.63) is 88.4 Å². The molecule has 3 aromatic rings. The zero-order chi connectivity index (χ0) is 26.9. The number of benzene rings is 1. The Morgan fingerprint density at radius 1 is 1.11 bits per heavy atom. The number of hydrogen-bond donors (Lipinski definition) is 2. The molecular formula is C30H34N6O. The van der Waals surface area contributed by atoms with Gasteiger partial charge in [0.15, 0.2) is 5.69 Å². The summed E-state index contributed by atoms with van der Waals surface area (Å²) >= 11 is 0. The zero-order valence-corrected chi connectivity index (χ0v) is 22.2. The van der Waals surface area contributed by atoms with E-state index in [2.05, 4.69) is 40.4 Å². The van der Waals surface area contributed by atoms with Crippen molar-refractivity contribution in [1.29, 1.82) is 5.26 Å². The fourth-order valence-corrected chi connectivity index (χ4v) is 4.12. The molecule has 1 amide bonds. The molecule has 190 valence electrons. The van der Waals surface area contributed by atoms with Crippen LogP contribution in [0.1, 0.15) is 53.1 Å². The van der Waals surface area contributed by atoms with Crippen molar-refractivity contribution in [3.63, 3.8) is 0 Å². The molecule has 0 aliphatic rings. The van der Waals surface area contributed by atoms with Gasteiger partial charge in [-0.05, 0) is 80.8 Å². The number of hydrogen-bond acceptors (Lipinski definition) is 6. The number of nitriles is 1. The van der Waals surface area contributed by atoms with E-state index in [-0.39, 0.29) is 5.91 Å². The number of aryl methyl sites for hydroxylation is 1. The van der Waals surface area contributed by atoms with Crippen LogP contribution in [-0.2, 0) is 0 Å². The Morgan fingerprint density at radius 2 is 1.81 bits per heavy atom. The Bertz CT molecular complexity index is 1360. The van der Waals surface area contributed by atoms with E-state index >= 15 is 0 Å². The lowest BCUT2D eigenvalue weighted by molar-refractivity contribution is 0.0827. The fourth-order valence-electron chi connectivity index (χ4n) is 4.12. The van der Waals surface area contributed by atoms with E-state index in [4.69, 9.17) is 5.73 Å². The molecule has 0 aliphatic carbocycles. The maximum absolute atomic E-state index is 12.1. The van der Waals surface area contributed by atoms with E-state index < -0.39 is 0 Å². The van der Waals surface area contributed by atoms with Crippen molar-refractivity contribution in [2.75, 3.05) is 32.9 Å². The number of allylic oxidation sites excluding steroid dienone is 1. The Hall–Kier alpha value is -4.28. The molecule has 0 saturated heterocycles. The lowest BCUT2D eigenvalue weighted by Crippen LogP contribution is -2.21. The van der Waals surface area contributed by atoms with Gasteiger partial charge in [-0.2, -0.15) is 5.26 Å². The summed E-state index contributed by atoms with van der Waals surface area (Å²) in [6, 6.07) is 15.4. The monoisotopic (exact) mass is 494 g/mol. The molecule has 3 N–H and O–H groups in total. The van der Waals surface area contributed by atoms with Crippen LogP contribution in [0.4, 0.5) is 5.82 Å². The third-order valence-electron chi connectivity index (χ3n) is 6.13. The summed E-state index contributed by atoms with van der Waals surface area (Å²) in [7, 11) is 3.51. The highest BCUT2D eigenvalue weighted by Crippen LogP contribution is 2.29. The van der Waals surface area contributed by atoms with Crippen molar-refractivity contribution in [1.82, 2.24) is 20.2 Å². The average Bonchev–Trinajstić information content (AvgIpc) is 2.89. The molecule has 0 saturated carbocycles. The summed E-state index contributed by atoms with van der Waals surface area (Å²) in [4.78, 5) is 22.4. The number of carbonyl (C=O) groups excluding carboxylic acids is 1. The van der Waals surface area contributed by atoms with Gasteiger partial charge in [-0.1, -0.05) is 29.9 Å². The Balaban J connectivity index is 1.67. The first-order valence-corrected chi connectivity index (χ1v) is 12.2. The summed E-state index contributed by atoms with van der Waals surface area (Å²) in [6.07, 6.45) is 6.84. The average molecular weight is 495 g/mol. The van der Waals surface area contributed by atoms with Gasteiger partial charge >= 0.3 is 0 Å². The molecule has 0 aliphatic heterocycles. The van der Waals surface area contributed by atoms with Gasteiger partial charge in [0.25, 0.3) is 5.91 Å². The van der Waals surface area contributed by atoms with Gasteiger partial charge in [0.1, 0.15) is 11.9 Å². The molecule has 7 nitrogen and oxygen atoms in total. The molecule has 0 radical (unpaired) electrons. The second-order valence-electron chi connectivity index (χ2n) is 9.11. The highest BCUT2D eigenvalue weighted by Gasteiger charge is 2.13. The molecular weight excluding hydrogens is 460 g/mol. The molecule has 0 bridgehead atoms. The van der Waals surface area contributed by atoms with Crippen molar-refractivity contribution in [2.24, 2.45) is 0 Å². The van der Waals surface area contributed by atoms with Gasteiger partial charge in [0.05, 0.1) is 0 Å². The number of rotatable bonds is 9. The predicted octanol–water partition coefficient (Wildman–Crippen LogP) is 5.09. The van der Waals surface area contributed by atoms with Gasteiger partial charge in [-0.25, -0.2) is 4.98 Å². The Morgan fingerprint density at radius 3 is 2.46 bits per heavy atom. The maximum atomic E-state index is 12.1. The molecule has 2 aromatic heterocycles. The van der Waals surface area contributed by atoms with E-state index in [0.717, 1.165) is 46.5 Å². The van der Waals surface area contributed by atoms with E-state index in [0.29, 0.717) is 23.6 Å². The SMILES string of the molecule is C/C=C(\CCNC/C(C)=C/c1c(-c2ccc(N)nc2C#N)ccnc1C)c1ccc(C(=O)N(C)C)cc1. The lowest BCUT2D eigenvalue weighted by Gasteiger charge is -2.13. The van der Waals surface area contributed by atoms with Crippen LogP contribution in [0, 0.1) is 18.3 Å². The number of anilines is 1. The van der Waals surface area contributed by atoms with Crippen LogP contribution < -0.4 is 11.1 Å². The first-order valence-electron chi connectivity index (χ1n) is 12.2. The quantitative estimate of drug-likeness (QED) is 0.401. The minimum absolute atomic E-state index is 0.000947. The highest BCUT2D eigenvalue weighted by molar-refractivity contribution is 5.94. The minimum Gasteiger partial charge on any atom is -0.384 e. The molecule has 0 fully saturated rings. The molecule has 1 aromatic carbocycles. The molecule has 0 atom stereocenters. The highest BCUT2D eigenvalue weighted by atomic mass is 16.2. The van der Waals surface area contributed by atoms with Crippen LogP contribution in [-0.4, -0.2) is 48.0 Å². The molecule has 37 heavy (non-hydrogen) atoms. The topological polar surface area (TPSA) is 108 Å². The predicted molar refractivity (Wildman–Crippen MR) is 151 cm³/mol. The van der Waals surface area contributed by atoms with Crippen molar-refractivity contribution in [2.45, 2.75) is 27.2 Å². The zero-order valence-electron chi connectivity index (χ0n) is 22.2. The molecule has 3 rings (SSSR count). The van der Waals surface area contributed by atoms with Gasteiger partial charge in [0.2, 0.25) is 0 Å². The third-order valence-corrected chi connectivity index (χ3v) is 6.13. The summed E-state index contributed by atoms with van der Waals surface area (Å²) in [6.45, 7) is 7.59. The van der Waals surface area contributed by atoms with Crippen LogP contribution in [0.5, 0.6) is 0 Å². The van der Waals surface area contributed by atoms with Crippen LogP contribution >= 0.6 is 0 Å². The van der Waals surface area contributed by atoms with Gasteiger partial charge < -0.3 is 16.0 Å². The second kappa shape index (κ2) is 12.6. The lowest BCUT2D eigenvalue weighted by atomic mass is 9.96. The number of aromatic nitrogens is 2. The summed E-state index contributed by atoms with van der Waals surface area (Å²) in [5, 5.41) is 13.1. The molecule has 0 unspecified atom stereocenters. The number of amides is 1. The van der Waals surface area contributed by atoms with Crippen molar-refractivity contribution in [3.8, 4) is 17.2 Å². The van der Waals surface area contributed by atoms with Gasteiger partial charge in [-0.3, -0.25) is 9.78 Å². The number of nitrogens with two attached hydrogens (primary N) is 1. The van der Waals surface area contributed by atoms with Crippen molar-refractivity contribution < 1.29 is 4.79 Å². The number of nitrogen functional groups attached to an aromatic ring is 1. The van der Waals surface area contributed by atoms with E-state index in [1.54, 1.807) is 31.3 Å². The van der Waals surface area contributed by atoms with E-state index in [1.807, 2.05) is 50.2 Å². The van der Waals surface area contributed by atoms with Gasteiger partial charge in [0, 0.05) is 49.2 Å². The third kappa shape index (κ3) is 6.90. The number of carbonyl (C=O) groups is 1. The summed E-state index contributed by atoms with van der Waals surface area (Å²) in [5.41, 5.74) is 13.7. The number of pyridine rings is 2. The first kappa shape index (κ1) is 27.3. The summed E-state index contributed by atoms with van der Waals surface area (Å²) in [5.74, 6) is 0.322. The van der Waals surface area contributed by atoms with E-state index in [1.165, 1.54) is 5.57 Å². The minimum atomic E-state index is 0.000947. The number of nitrogens with one attached hydrogen (secondary N) is 1. The van der Waals surface area contributed by atoms with Gasteiger partial charge in [-0.15, -0.1) is 0 Å². The maximum Gasteiger partial charge on any atom is 0.253 e. The first-order chi connectivity index (χ1) is 17.7. The Labute approximate surface area is 219 Å². The molecule has 7 heteroatoms. The van der Waals surface area contributed by atoms with E-state index in [9.17, 15) is 10.1 Å². The normalized spacial score (nSPS) is 11.8. The largest absolute Gasteiger partial charge is 0.384 e. The van der Waals surface area contributed by atoms with Crippen LogP contribution in [0.25, 0.3) is 22.8 Å². The van der Waals surface area contributed by atoms with Crippen molar-refractivity contribution >= 4 is 23.4 Å². The molecule has 2 heterocycles. The fraction of sp³-hybridized carbons (Fsp3) is 0.267.